The second-order valence-electron chi connectivity index (χ2n) is 10.2. The molecule has 30 heavy (non-hydrogen) atoms. The standard InChI is InChI=1S/C23H39N3O4/c1-23(2,3)30-22(29)26-15-11-18(12-16-26)21(28)25-13-9-17(10-14-25)20(27)24-19-7-5-4-6-8-19/h17-19H,4-16H2,1-3H3,(H,24,27). The van der Waals surface area contributed by atoms with Gasteiger partial charge in [-0.05, 0) is 59.3 Å². The Hall–Kier alpha value is -1.79. The van der Waals surface area contributed by atoms with Gasteiger partial charge in [0, 0.05) is 44.1 Å². The molecule has 7 nitrogen and oxygen atoms in total. The maximum Gasteiger partial charge on any atom is 0.410 e. The Kier molecular flexibility index (Phi) is 7.64. The van der Waals surface area contributed by atoms with E-state index < -0.39 is 5.60 Å². The topological polar surface area (TPSA) is 79.0 Å². The SMILES string of the molecule is CC(C)(C)OC(=O)N1CCC(C(=O)N2CCC(C(=O)NC3CCCCC3)CC2)CC1. The molecule has 2 aliphatic heterocycles. The number of carbonyl (C=O) groups is 3. The zero-order chi connectivity index (χ0) is 21.7. The van der Waals surface area contributed by atoms with E-state index in [1.807, 2.05) is 25.7 Å². The van der Waals surface area contributed by atoms with Crippen molar-refractivity contribution in [2.45, 2.75) is 90.2 Å². The van der Waals surface area contributed by atoms with Crippen LogP contribution in [-0.4, -0.2) is 65.5 Å². The summed E-state index contributed by atoms with van der Waals surface area (Å²) < 4.78 is 5.43. The highest BCUT2D eigenvalue weighted by Crippen LogP contribution is 2.25. The van der Waals surface area contributed by atoms with Crippen LogP contribution in [0, 0.1) is 11.8 Å². The van der Waals surface area contributed by atoms with E-state index in [9.17, 15) is 14.4 Å². The van der Waals surface area contributed by atoms with Gasteiger partial charge in [-0.15, -0.1) is 0 Å². The first kappa shape index (κ1) is 22.9. The first-order valence-electron chi connectivity index (χ1n) is 11.8. The van der Waals surface area contributed by atoms with Gasteiger partial charge in [-0.2, -0.15) is 0 Å². The van der Waals surface area contributed by atoms with Crippen LogP contribution in [0.3, 0.4) is 0 Å². The lowest BCUT2D eigenvalue weighted by atomic mass is 9.90. The molecule has 3 amide bonds. The summed E-state index contributed by atoms with van der Waals surface area (Å²) in [4.78, 5) is 41.4. The fourth-order valence-corrected chi connectivity index (χ4v) is 4.82. The molecule has 170 valence electrons. The average molecular weight is 422 g/mol. The Morgan fingerprint density at radius 1 is 0.767 bits per heavy atom. The highest BCUT2D eigenvalue weighted by Gasteiger charge is 2.34. The van der Waals surface area contributed by atoms with Gasteiger partial charge in [-0.25, -0.2) is 4.79 Å². The minimum Gasteiger partial charge on any atom is -0.444 e. The van der Waals surface area contributed by atoms with Gasteiger partial charge in [0.2, 0.25) is 11.8 Å². The second kappa shape index (κ2) is 10.0. The molecule has 0 spiro atoms. The highest BCUT2D eigenvalue weighted by atomic mass is 16.6. The van der Waals surface area contributed by atoms with Gasteiger partial charge in [0.25, 0.3) is 0 Å². The van der Waals surface area contributed by atoms with Crippen molar-refractivity contribution >= 4 is 17.9 Å². The van der Waals surface area contributed by atoms with Crippen LogP contribution in [-0.2, 0) is 14.3 Å². The smallest absolute Gasteiger partial charge is 0.410 e. The molecule has 3 fully saturated rings. The summed E-state index contributed by atoms with van der Waals surface area (Å²) in [5.41, 5.74) is -0.503. The normalized spacial score (nSPS) is 22.6. The fraction of sp³-hybridized carbons (Fsp3) is 0.870. The Morgan fingerprint density at radius 2 is 1.30 bits per heavy atom. The molecule has 3 aliphatic rings. The van der Waals surface area contributed by atoms with E-state index in [0.717, 1.165) is 25.7 Å². The van der Waals surface area contributed by atoms with E-state index in [4.69, 9.17) is 4.74 Å². The molecular formula is C23H39N3O4. The number of likely N-dealkylation sites (tertiary alicyclic amines) is 2. The average Bonchev–Trinajstić information content (AvgIpc) is 2.73. The number of rotatable bonds is 3. The van der Waals surface area contributed by atoms with Crippen LogP contribution < -0.4 is 5.32 Å². The molecule has 1 aliphatic carbocycles. The molecule has 0 aromatic carbocycles. The van der Waals surface area contributed by atoms with Crippen LogP contribution >= 0.6 is 0 Å². The number of piperidine rings is 2. The van der Waals surface area contributed by atoms with Crippen LogP contribution in [0.1, 0.15) is 78.6 Å². The van der Waals surface area contributed by atoms with E-state index in [1.165, 1.54) is 19.3 Å². The summed E-state index contributed by atoms with van der Waals surface area (Å²) in [6.45, 7) is 8.03. The summed E-state index contributed by atoms with van der Waals surface area (Å²) >= 11 is 0. The Bertz CT molecular complexity index is 608. The number of carbonyl (C=O) groups excluding carboxylic acids is 3. The summed E-state index contributed by atoms with van der Waals surface area (Å²) in [5, 5.41) is 3.24. The molecule has 0 atom stereocenters. The van der Waals surface area contributed by atoms with Crippen LogP contribution in [0.25, 0.3) is 0 Å². The van der Waals surface area contributed by atoms with Crippen LogP contribution in [0.2, 0.25) is 0 Å². The third-order valence-corrected chi connectivity index (χ3v) is 6.62. The van der Waals surface area contributed by atoms with Gasteiger partial charge in [-0.3, -0.25) is 9.59 Å². The lowest BCUT2D eigenvalue weighted by Gasteiger charge is -2.37. The lowest BCUT2D eigenvalue weighted by molar-refractivity contribution is -0.140. The van der Waals surface area contributed by atoms with Crippen molar-refractivity contribution < 1.29 is 19.1 Å². The quantitative estimate of drug-likeness (QED) is 0.758. The summed E-state index contributed by atoms with van der Waals surface area (Å²) in [5.74, 6) is 0.367. The number of hydrogen-bond acceptors (Lipinski definition) is 4. The number of ether oxygens (including phenoxy) is 1. The molecule has 2 heterocycles. The maximum atomic E-state index is 12.9. The number of amides is 3. The van der Waals surface area contributed by atoms with Crippen LogP contribution in [0.5, 0.6) is 0 Å². The molecule has 1 N–H and O–H groups in total. The number of hydrogen-bond donors (Lipinski definition) is 1. The molecule has 7 heteroatoms. The van der Waals surface area contributed by atoms with Gasteiger partial charge in [0.05, 0.1) is 0 Å². The lowest BCUT2D eigenvalue weighted by Crippen LogP contribution is -2.49. The van der Waals surface area contributed by atoms with E-state index in [-0.39, 0.29) is 29.7 Å². The van der Waals surface area contributed by atoms with Crippen molar-refractivity contribution in [2.75, 3.05) is 26.2 Å². The summed E-state index contributed by atoms with van der Waals surface area (Å²) in [7, 11) is 0. The monoisotopic (exact) mass is 421 g/mol. The molecule has 0 radical (unpaired) electrons. The Morgan fingerprint density at radius 3 is 1.87 bits per heavy atom. The van der Waals surface area contributed by atoms with Gasteiger partial charge < -0.3 is 19.9 Å². The van der Waals surface area contributed by atoms with Crippen molar-refractivity contribution in [3.05, 3.63) is 0 Å². The molecule has 0 bridgehead atoms. The number of nitrogens with zero attached hydrogens (tertiary/aromatic N) is 2. The Labute approximate surface area is 180 Å². The second-order valence-corrected chi connectivity index (χ2v) is 10.2. The minimum atomic E-state index is -0.503. The van der Waals surface area contributed by atoms with Gasteiger partial charge >= 0.3 is 6.09 Å². The van der Waals surface area contributed by atoms with Crippen LogP contribution in [0.15, 0.2) is 0 Å². The maximum absolute atomic E-state index is 12.9. The molecule has 0 aromatic heterocycles. The van der Waals surface area contributed by atoms with Crippen molar-refractivity contribution in [2.24, 2.45) is 11.8 Å². The summed E-state index contributed by atoms with van der Waals surface area (Å²) in [6, 6.07) is 0.348. The third-order valence-electron chi connectivity index (χ3n) is 6.62. The first-order chi connectivity index (χ1) is 14.2. The van der Waals surface area contributed by atoms with Crippen molar-refractivity contribution in [3.63, 3.8) is 0 Å². The summed E-state index contributed by atoms with van der Waals surface area (Å²) in [6.07, 6.45) is 8.48. The highest BCUT2D eigenvalue weighted by molar-refractivity contribution is 5.81. The predicted octanol–water partition coefficient (Wildman–Crippen LogP) is 3.32. The molecule has 3 rings (SSSR count). The Balaban J connectivity index is 1.39. The molecule has 0 unspecified atom stereocenters. The largest absolute Gasteiger partial charge is 0.444 e. The van der Waals surface area contributed by atoms with Crippen molar-refractivity contribution in [1.82, 2.24) is 15.1 Å². The zero-order valence-electron chi connectivity index (χ0n) is 19.0. The van der Waals surface area contributed by atoms with E-state index in [1.54, 1.807) is 4.90 Å². The minimum absolute atomic E-state index is 0.0312. The van der Waals surface area contributed by atoms with Gasteiger partial charge in [-0.1, -0.05) is 19.3 Å². The third kappa shape index (κ3) is 6.35. The van der Waals surface area contributed by atoms with Gasteiger partial charge in [0.1, 0.15) is 5.60 Å². The molecule has 1 saturated carbocycles. The molecular weight excluding hydrogens is 382 g/mol. The number of nitrogens with one attached hydrogen (secondary N) is 1. The first-order valence-corrected chi connectivity index (χ1v) is 11.8. The van der Waals surface area contributed by atoms with Crippen molar-refractivity contribution in [3.8, 4) is 0 Å². The van der Waals surface area contributed by atoms with Crippen LogP contribution in [0.4, 0.5) is 4.79 Å². The van der Waals surface area contributed by atoms with Gasteiger partial charge in [0.15, 0.2) is 0 Å². The van der Waals surface area contributed by atoms with E-state index >= 15 is 0 Å². The molecule has 0 aromatic rings. The predicted molar refractivity (Wildman–Crippen MR) is 115 cm³/mol. The van der Waals surface area contributed by atoms with E-state index in [0.29, 0.717) is 45.1 Å². The molecule has 2 saturated heterocycles. The zero-order valence-corrected chi connectivity index (χ0v) is 19.0. The van der Waals surface area contributed by atoms with E-state index in [2.05, 4.69) is 5.32 Å². The fourth-order valence-electron chi connectivity index (χ4n) is 4.82. The van der Waals surface area contributed by atoms with Crippen molar-refractivity contribution in [1.29, 1.82) is 0 Å².